The number of aliphatic carboxylic acids is 1. The summed E-state index contributed by atoms with van der Waals surface area (Å²) in [5.41, 5.74) is 6.50. The molecule has 6 nitrogen and oxygen atoms in total. The number of carbonyl (C=O) groups is 2. The fourth-order valence-corrected chi connectivity index (χ4v) is 2.00. The summed E-state index contributed by atoms with van der Waals surface area (Å²) in [6.07, 6.45) is 1.43. The van der Waals surface area contributed by atoms with E-state index in [9.17, 15) is 9.59 Å². The number of carboxylic acid groups (broad SMARTS) is 1. The average molecular weight is 270 g/mol. The van der Waals surface area contributed by atoms with Crippen molar-refractivity contribution in [3.05, 3.63) is 29.6 Å². The van der Waals surface area contributed by atoms with Gasteiger partial charge in [0.1, 0.15) is 6.04 Å². The van der Waals surface area contributed by atoms with Crippen molar-refractivity contribution in [2.45, 2.75) is 11.8 Å². The summed E-state index contributed by atoms with van der Waals surface area (Å²) in [5, 5.41) is 8.60. The van der Waals surface area contributed by atoms with Crippen LogP contribution in [-0.2, 0) is 15.3 Å². The summed E-state index contributed by atoms with van der Waals surface area (Å²) in [6, 6.07) is 2.45. The lowest BCUT2D eigenvalue weighted by atomic mass is 10.2. The molecular formula is C11H14N2O4S. The van der Waals surface area contributed by atoms with Gasteiger partial charge < -0.3 is 15.6 Å². The summed E-state index contributed by atoms with van der Waals surface area (Å²) < 4.78 is 4.55. The second-order valence-electron chi connectivity index (χ2n) is 3.49. The zero-order chi connectivity index (χ0) is 13.5. The Hall–Kier alpha value is -1.60. The lowest BCUT2D eigenvalue weighted by molar-refractivity contribution is -0.137. The first-order chi connectivity index (χ1) is 8.54. The number of carbonyl (C=O) groups excluding carboxylic acids is 1. The molecule has 1 atom stereocenters. The van der Waals surface area contributed by atoms with Crippen LogP contribution in [-0.4, -0.2) is 40.9 Å². The number of rotatable bonds is 6. The van der Waals surface area contributed by atoms with Gasteiger partial charge in [-0.25, -0.2) is 4.79 Å². The second-order valence-corrected chi connectivity index (χ2v) is 4.52. The first-order valence-corrected chi connectivity index (χ1v) is 6.29. The minimum atomic E-state index is -1.02. The lowest BCUT2D eigenvalue weighted by Gasteiger charge is -2.05. The van der Waals surface area contributed by atoms with Crippen LogP contribution in [0.2, 0.25) is 0 Å². The van der Waals surface area contributed by atoms with Crippen molar-refractivity contribution in [3.63, 3.8) is 0 Å². The molecule has 98 valence electrons. The van der Waals surface area contributed by atoms with Crippen molar-refractivity contribution in [2.24, 2.45) is 5.73 Å². The third-order valence-electron chi connectivity index (χ3n) is 2.11. The van der Waals surface area contributed by atoms with Gasteiger partial charge in [0.15, 0.2) is 0 Å². The number of hydrogen-bond donors (Lipinski definition) is 2. The number of nitrogens with two attached hydrogens (primary N) is 1. The summed E-state index contributed by atoms with van der Waals surface area (Å²) in [5.74, 6) is -0.593. The van der Waals surface area contributed by atoms with Crippen molar-refractivity contribution in [1.29, 1.82) is 0 Å². The Bertz CT molecular complexity index is 422. The van der Waals surface area contributed by atoms with E-state index < -0.39 is 18.0 Å². The summed E-state index contributed by atoms with van der Waals surface area (Å²) in [7, 11) is 1.30. The number of nitrogens with zero attached hydrogens (tertiary/aromatic N) is 1. The Kier molecular flexibility index (Phi) is 5.60. The molecule has 1 aromatic heterocycles. The number of ether oxygens (including phenoxy) is 1. The van der Waals surface area contributed by atoms with E-state index in [0.29, 0.717) is 17.1 Å². The van der Waals surface area contributed by atoms with Crippen molar-refractivity contribution in [2.75, 3.05) is 12.9 Å². The monoisotopic (exact) mass is 270 g/mol. The normalized spacial score (nSPS) is 11.9. The molecule has 0 saturated heterocycles. The Morgan fingerprint density at radius 1 is 1.56 bits per heavy atom. The summed E-state index contributed by atoms with van der Waals surface area (Å²) >= 11 is 1.38. The van der Waals surface area contributed by atoms with Crippen LogP contribution < -0.4 is 5.73 Å². The Labute approximate surface area is 109 Å². The van der Waals surface area contributed by atoms with Gasteiger partial charge in [-0.05, 0) is 12.1 Å². The largest absolute Gasteiger partial charge is 0.480 e. The molecule has 0 amide bonds. The number of aromatic nitrogens is 1. The number of pyridine rings is 1. The molecule has 0 unspecified atom stereocenters. The second kappa shape index (κ2) is 6.97. The molecule has 1 rings (SSSR count). The lowest BCUT2D eigenvalue weighted by Crippen LogP contribution is -2.32. The molecule has 0 saturated carbocycles. The molecule has 0 aliphatic heterocycles. The van der Waals surface area contributed by atoms with Crippen molar-refractivity contribution >= 4 is 23.7 Å². The fraction of sp³-hybridized carbons (Fsp3) is 0.364. The van der Waals surface area contributed by atoms with Gasteiger partial charge in [-0.1, -0.05) is 0 Å². The molecule has 1 aromatic rings. The fourth-order valence-electron chi connectivity index (χ4n) is 1.11. The quantitative estimate of drug-likeness (QED) is 0.726. The highest BCUT2D eigenvalue weighted by atomic mass is 32.2. The van der Waals surface area contributed by atoms with Crippen LogP contribution >= 0.6 is 11.8 Å². The van der Waals surface area contributed by atoms with Crippen LogP contribution in [0.4, 0.5) is 0 Å². The molecule has 0 fully saturated rings. The molecule has 3 N–H and O–H groups in total. The zero-order valence-corrected chi connectivity index (χ0v) is 10.6. The highest BCUT2D eigenvalue weighted by molar-refractivity contribution is 7.98. The molecule has 0 radical (unpaired) electrons. The maximum absolute atomic E-state index is 11.2. The molecule has 0 spiro atoms. The number of methoxy groups -OCH3 is 1. The molecule has 7 heteroatoms. The number of hydrogen-bond acceptors (Lipinski definition) is 6. The minimum Gasteiger partial charge on any atom is -0.480 e. The topological polar surface area (TPSA) is 103 Å². The maximum Gasteiger partial charge on any atom is 0.339 e. The number of esters is 1. The van der Waals surface area contributed by atoms with Gasteiger partial charge in [0, 0.05) is 17.7 Å². The standard InChI is InChI=1S/C11H14N2O4S/c1-17-11(16)7-2-3-8(13-4-7)5-18-6-9(12)10(14)15/h2-4,9H,5-6,12H2,1H3,(H,14,15)/t9-/m0/s1. The molecule has 0 aromatic carbocycles. The van der Waals surface area contributed by atoms with Gasteiger partial charge in [0.05, 0.1) is 18.4 Å². The average Bonchev–Trinajstić information content (AvgIpc) is 2.38. The van der Waals surface area contributed by atoms with E-state index >= 15 is 0 Å². The van der Waals surface area contributed by atoms with Crippen molar-refractivity contribution in [1.82, 2.24) is 4.98 Å². The summed E-state index contributed by atoms with van der Waals surface area (Å²) in [6.45, 7) is 0. The van der Waals surface area contributed by atoms with Gasteiger partial charge in [-0.15, -0.1) is 0 Å². The van der Waals surface area contributed by atoms with E-state index in [4.69, 9.17) is 10.8 Å². The highest BCUT2D eigenvalue weighted by Gasteiger charge is 2.11. The van der Waals surface area contributed by atoms with E-state index in [-0.39, 0.29) is 0 Å². The van der Waals surface area contributed by atoms with E-state index in [2.05, 4.69) is 9.72 Å². The Balaban J connectivity index is 2.44. The van der Waals surface area contributed by atoms with Crippen LogP contribution in [0, 0.1) is 0 Å². The Morgan fingerprint density at radius 2 is 2.28 bits per heavy atom. The van der Waals surface area contributed by atoms with Gasteiger partial charge >= 0.3 is 11.9 Å². The SMILES string of the molecule is COC(=O)c1ccc(CSC[C@H](N)C(=O)O)nc1. The van der Waals surface area contributed by atoms with Crippen LogP contribution in [0.3, 0.4) is 0 Å². The van der Waals surface area contributed by atoms with E-state index in [0.717, 1.165) is 5.69 Å². The number of carboxylic acids is 1. The van der Waals surface area contributed by atoms with Crippen molar-refractivity contribution in [3.8, 4) is 0 Å². The smallest absolute Gasteiger partial charge is 0.339 e. The molecule has 0 aliphatic rings. The summed E-state index contributed by atoms with van der Waals surface area (Å²) in [4.78, 5) is 25.7. The van der Waals surface area contributed by atoms with Crippen molar-refractivity contribution < 1.29 is 19.4 Å². The van der Waals surface area contributed by atoms with E-state index in [1.807, 2.05) is 0 Å². The van der Waals surface area contributed by atoms with Crippen LogP contribution in [0.15, 0.2) is 18.3 Å². The van der Waals surface area contributed by atoms with Crippen LogP contribution in [0.25, 0.3) is 0 Å². The zero-order valence-electron chi connectivity index (χ0n) is 9.83. The van der Waals surface area contributed by atoms with Gasteiger partial charge in [-0.3, -0.25) is 9.78 Å². The first-order valence-electron chi connectivity index (χ1n) is 5.14. The third kappa shape index (κ3) is 4.34. The molecule has 0 aliphatic carbocycles. The van der Waals surface area contributed by atoms with Gasteiger partial charge in [0.25, 0.3) is 0 Å². The third-order valence-corrected chi connectivity index (χ3v) is 3.21. The van der Waals surface area contributed by atoms with Gasteiger partial charge in [-0.2, -0.15) is 11.8 Å². The predicted octanol–water partition coefficient (Wildman–Crippen LogP) is 0.513. The molecule has 1 heterocycles. The minimum absolute atomic E-state index is 0.315. The number of thioether (sulfide) groups is 1. The maximum atomic E-state index is 11.2. The van der Waals surface area contributed by atoms with Crippen LogP contribution in [0.1, 0.15) is 16.1 Å². The highest BCUT2D eigenvalue weighted by Crippen LogP contribution is 2.11. The molecule has 18 heavy (non-hydrogen) atoms. The molecule has 0 bridgehead atoms. The van der Waals surface area contributed by atoms with Crippen LogP contribution in [0.5, 0.6) is 0 Å². The van der Waals surface area contributed by atoms with E-state index in [1.165, 1.54) is 25.1 Å². The Morgan fingerprint density at radius 3 is 2.78 bits per heavy atom. The van der Waals surface area contributed by atoms with Gasteiger partial charge in [0.2, 0.25) is 0 Å². The predicted molar refractivity (Wildman–Crippen MR) is 67.3 cm³/mol. The first kappa shape index (κ1) is 14.5. The molecular weight excluding hydrogens is 256 g/mol. The van der Waals surface area contributed by atoms with E-state index in [1.54, 1.807) is 12.1 Å².